The molecule has 1 aromatic carbocycles. The third-order valence-corrected chi connectivity index (χ3v) is 5.47. The van der Waals surface area contributed by atoms with Crippen LogP contribution in [0.5, 0.6) is 0 Å². The molecule has 0 aliphatic heterocycles. The molecule has 0 aliphatic carbocycles. The van der Waals surface area contributed by atoms with Crippen molar-refractivity contribution in [2.24, 2.45) is 0 Å². The minimum Gasteiger partial charge on any atom is -0.624 e. The van der Waals surface area contributed by atoms with Crippen molar-refractivity contribution in [3.05, 3.63) is 27.8 Å². The molecule has 2 N–H and O–H groups in total. The molecule has 7 heteroatoms. The summed E-state index contributed by atoms with van der Waals surface area (Å²) in [7, 11) is 3.76. The van der Waals surface area contributed by atoms with E-state index in [4.69, 9.17) is 11.6 Å². The molecule has 1 unspecified atom stereocenters. The molecule has 0 amide bonds. The zero-order valence-corrected chi connectivity index (χ0v) is 14.7. The normalized spacial score (nSPS) is 13.8. The van der Waals surface area contributed by atoms with Crippen molar-refractivity contribution in [3.63, 3.8) is 0 Å². The van der Waals surface area contributed by atoms with Crippen LogP contribution in [0.1, 0.15) is 0 Å². The van der Waals surface area contributed by atoms with Crippen LogP contribution in [0.15, 0.2) is 22.8 Å². The number of quaternary nitrogens is 1. The Bertz CT molecular complexity index is 691. The van der Waals surface area contributed by atoms with Gasteiger partial charge in [0.25, 0.3) is 5.48 Å². The van der Waals surface area contributed by atoms with Crippen LogP contribution in [-0.4, -0.2) is 47.7 Å². The summed E-state index contributed by atoms with van der Waals surface area (Å²) < 4.78 is 1.24. The number of fused-ring (bicyclic) bond motifs is 1. The van der Waals surface area contributed by atoms with Gasteiger partial charge in [0.1, 0.15) is 7.77 Å². The number of halogens is 2. The predicted molar refractivity (Wildman–Crippen MR) is 87.4 cm³/mol. The zero-order valence-electron chi connectivity index (χ0n) is 11.4. The van der Waals surface area contributed by atoms with Crippen molar-refractivity contribution >= 4 is 57.0 Å². The van der Waals surface area contributed by atoms with Crippen LogP contribution in [0, 0.1) is 0 Å². The highest BCUT2D eigenvalue weighted by molar-refractivity contribution is 9.10. The fraction of sp³-hybridized carbons (Fsp3) is 0.308. The van der Waals surface area contributed by atoms with Crippen molar-refractivity contribution in [2.45, 2.75) is 0 Å². The molecule has 108 valence electrons. The number of nitrogens with one attached hydrogen (secondary N) is 1. The van der Waals surface area contributed by atoms with E-state index in [1.165, 1.54) is 0 Å². The number of aliphatic hydroxyl groups excluding tert-OH is 1. The lowest BCUT2D eigenvalue weighted by atomic mass is 10.2. The number of aromatic amines is 1. The maximum Gasteiger partial charge on any atom is 0.279 e. The Morgan fingerprint density at radius 3 is 2.70 bits per heavy atom. The van der Waals surface area contributed by atoms with Crippen molar-refractivity contribution < 1.29 is 14.5 Å². The third kappa shape index (κ3) is 3.25. The Hall–Kier alpha value is -0.420. The molecule has 2 aromatic rings. The van der Waals surface area contributed by atoms with E-state index in [0.717, 1.165) is 9.99 Å². The summed E-state index contributed by atoms with van der Waals surface area (Å²) in [5.74, 6) is 0. The highest BCUT2D eigenvalue weighted by atomic mass is 79.9. The van der Waals surface area contributed by atoms with E-state index in [-0.39, 0.29) is 5.48 Å². The van der Waals surface area contributed by atoms with E-state index in [1.54, 1.807) is 6.20 Å². The lowest BCUT2D eigenvalue weighted by Crippen LogP contribution is -2.40. The molecule has 0 saturated heterocycles. The smallest absolute Gasteiger partial charge is 0.279 e. The van der Waals surface area contributed by atoms with E-state index in [9.17, 15) is 10.00 Å². The van der Waals surface area contributed by atoms with E-state index in [1.807, 2.05) is 33.3 Å². The number of hydrogen-bond donors (Lipinski definition) is 2. The molecule has 1 atom stereocenters. The van der Waals surface area contributed by atoms with Gasteiger partial charge < -0.3 is 19.5 Å². The van der Waals surface area contributed by atoms with Crippen molar-refractivity contribution in [1.82, 2.24) is 4.98 Å². The molecule has 0 spiro atoms. The first kappa shape index (κ1) is 16.0. The Kier molecular flexibility index (Phi) is 4.59. The number of aromatic nitrogens is 1. The quantitative estimate of drug-likeness (QED) is 0.635. The summed E-state index contributed by atoms with van der Waals surface area (Å²) in [6.07, 6.45) is 1.65. The van der Waals surface area contributed by atoms with Gasteiger partial charge >= 0.3 is 0 Å². The molecule has 1 heterocycles. The Morgan fingerprint density at radius 2 is 2.10 bits per heavy atom. The number of benzene rings is 1. The van der Waals surface area contributed by atoms with Gasteiger partial charge in [-0.3, -0.25) is 0 Å². The maximum atomic E-state index is 12.5. The molecule has 0 aliphatic rings. The summed E-state index contributed by atoms with van der Waals surface area (Å²) >= 11 is 9.62. The van der Waals surface area contributed by atoms with Crippen LogP contribution in [0.3, 0.4) is 0 Å². The monoisotopic (exact) mass is 377 g/mol. The lowest BCUT2D eigenvalue weighted by Gasteiger charge is -2.21. The SMILES string of the molecule is C[N+](C)(C)CC(O)=[P+]([O-])c1c[nH]c2ccc(Br)c(Cl)c12. The molecule has 2 rings (SSSR count). The summed E-state index contributed by atoms with van der Waals surface area (Å²) in [6, 6.07) is 3.68. The Labute approximate surface area is 132 Å². The molecule has 20 heavy (non-hydrogen) atoms. The molecular formula is C13H16BrClN2O2P+. The fourth-order valence-electron chi connectivity index (χ4n) is 1.93. The number of H-pyrrole nitrogens is 1. The topological polar surface area (TPSA) is 59.1 Å². The fourth-order valence-corrected chi connectivity index (χ4v) is 4.04. The van der Waals surface area contributed by atoms with Gasteiger partial charge in [-0.15, -0.1) is 0 Å². The summed E-state index contributed by atoms with van der Waals surface area (Å²) in [5.41, 5.74) is 0.777. The van der Waals surface area contributed by atoms with Crippen LogP contribution in [-0.2, 0) is 0 Å². The molecule has 0 radical (unpaired) electrons. The van der Waals surface area contributed by atoms with Crippen molar-refractivity contribution in [2.75, 3.05) is 27.7 Å². The molecule has 4 nitrogen and oxygen atoms in total. The Balaban J connectivity index is 2.58. The summed E-state index contributed by atoms with van der Waals surface area (Å²) in [4.78, 5) is 15.6. The van der Waals surface area contributed by atoms with Gasteiger partial charge in [0.15, 0.2) is 11.8 Å². The largest absolute Gasteiger partial charge is 0.624 e. The van der Waals surface area contributed by atoms with Gasteiger partial charge in [0.2, 0.25) is 0 Å². The van der Waals surface area contributed by atoms with Gasteiger partial charge in [0, 0.05) is 4.47 Å². The zero-order chi connectivity index (χ0) is 15.1. The molecular weight excluding hydrogens is 362 g/mol. The van der Waals surface area contributed by atoms with Crippen LogP contribution < -0.4 is 10.2 Å². The second-order valence-corrected chi connectivity index (χ2v) is 8.44. The first-order chi connectivity index (χ1) is 9.20. The average molecular weight is 379 g/mol. The van der Waals surface area contributed by atoms with Crippen LogP contribution in [0.2, 0.25) is 5.02 Å². The second-order valence-electron chi connectivity index (χ2n) is 5.62. The molecule has 0 fully saturated rings. The first-order valence-corrected chi connectivity index (χ1v) is 8.41. The van der Waals surface area contributed by atoms with Gasteiger partial charge in [-0.2, -0.15) is 0 Å². The van der Waals surface area contributed by atoms with Crippen molar-refractivity contribution in [3.8, 4) is 0 Å². The molecule has 0 saturated carbocycles. The van der Waals surface area contributed by atoms with Gasteiger partial charge in [-0.25, -0.2) is 0 Å². The minimum absolute atomic E-state index is 0.0237. The van der Waals surface area contributed by atoms with Gasteiger partial charge in [0.05, 0.1) is 43.3 Å². The summed E-state index contributed by atoms with van der Waals surface area (Å²) in [6.45, 7) is 0.327. The average Bonchev–Trinajstić information content (AvgIpc) is 2.75. The highest BCUT2D eigenvalue weighted by Crippen LogP contribution is 2.32. The van der Waals surface area contributed by atoms with Gasteiger partial charge in [-0.05, 0) is 28.1 Å². The standard InChI is InChI=1S/C13H15BrClN2O2P/c1-17(2,3)7-11(18)20(19)10-6-16-9-5-4-8(14)13(15)12(9)10/h4-6,16H,7H2,1-3H3/p+1. The van der Waals surface area contributed by atoms with E-state index < -0.39 is 7.77 Å². The van der Waals surface area contributed by atoms with Crippen LogP contribution in [0.25, 0.3) is 10.9 Å². The van der Waals surface area contributed by atoms with E-state index in [0.29, 0.717) is 26.7 Å². The number of rotatable bonds is 3. The minimum atomic E-state index is -2.02. The Morgan fingerprint density at radius 1 is 1.45 bits per heavy atom. The predicted octanol–water partition coefficient (Wildman–Crippen LogP) is 2.17. The first-order valence-electron chi connectivity index (χ1n) is 5.98. The van der Waals surface area contributed by atoms with E-state index >= 15 is 0 Å². The molecule has 1 aromatic heterocycles. The number of likely N-dealkylation sites (N-methyl/N-ethyl adjacent to an activating group) is 1. The summed E-state index contributed by atoms with van der Waals surface area (Å²) in [5, 5.41) is 11.8. The van der Waals surface area contributed by atoms with Crippen LogP contribution >= 0.6 is 35.3 Å². The van der Waals surface area contributed by atoms with Crippen LogP contribution in [0.4, 0.5) is 0 Å². The lowest BCUT2D eigenvalue weighted by molar-refractivity contribution is -0.861. The van der Waals surface area contributed by atoms with E-state index in [2.05, 4.69) is 20.9 Å². The maximum absolute atomic E-state index is 12.5. The number of nitrogens with zero attached hydrogens (tertiary/aromatic N) is 1. The number of hydrogen-bond acceptors (Lipinski definition) is 1. The highest BCUT2D eigenvalue weighted by Gasteiger charge is 2.23. The molecule has 0 bridgehead atoms. The van der Waals surface area contributed by atoms with Crippen molar-refractivity contribution in [1.29, 1.82) is 0 Å². The third-order valence-electron chi connectivity index (χ3n) is 2.78. The van der Waals surface area contributed by atoms with Gasteiger partial charge in [-0.1, -0.05) is 11.6 Å². The number of aliphatic hydroxyl groups is 1. The second kappa shape index (κ2) is 5.76.